The Bertz CT molecular complexity index is 2250. The van der Waals surface area contributed by atoms with Gasteiger partial charge in [0.2, 0.25) is 5.91 Å². The number of aryl methyl sites for hydroxylation is 1. The second-order valence-electron chi connectivity index (χ2n) is 13.8. The molecule has 0 radical (unpaired) electrons. The SMILES string of the molecule is CCc1cccc(-c2cnc(C(=O)NCCOCCNCC(=O)N3CCN(C(=O)c4cc(Cc5n[nH]c(=O)c6ccccc56)ccc4F)CC3)c(N(C)C)c2)c1. The molecule has 0 bridgehead atoms. The van der Waals surface area contributed by atoms with E-state index in [1.165, 1.54) is 17.7 Å². The Morgan fingerprint density at radius 1 is 0.875 bits per heavy atom. The molecule has 3 heterocycles. The maximum Gasteiger partial charge on any atom is 0.272 e. The predicted octanol–water partition coefficient (Wildman–Crippen LogP) is 3.66. The molecule has 0 atom stereocenters. The van der Waals surface area contributed by atoms with E-state index in [0.717, 1.165) is 23.2 Å². The minimum Gasteiger partial charge on any atom is -0.378 e. The molecule has 1 saturated heterocycles. The first-order chi connectivity index (χ1) is 27.1. The Morgan fingerprint density at radius 3 is 2.39 bits per heavy atom. The van der Waals surface area contributed by atoms with Crippen molar-refractivity contribution < 1.29 is 23.5 Å². The van der Waals surface area contributed by atoms with Crippen LogP contribution in [0.4, 0.5) is 10.1 Å². The lowest BCUT2D eigenvalue weighted by atomic mass is 10.0. The predicted molar refractivity (Wildman–Crippen MR) is 213 cm³/mol. The van der Waals surface area contributed by atoms with Crippen LogP contribution in [-0.2, 0) is 22.4 Å². The summed E-state index contributed by atoms with van der Waals surface area (Å²) in [5.41, 5.74) is 5.24. The van der Waals surface area contributed by atoms with E-state index in [0.29, 0.717) is 73.5 Å². The van der Waals surface area contributed by atoms with Crippen LogP contribution >= 0.6 is 0 Å². The van der Waals surface area contributed by atoms with Gasteiger partial charge in [-0.1, -0.05) is 55.5 Å². The fourth-order valence-electron chi connectivity index (χ4n) is 6.65. The first kappa shape index (κ1) is 39.7. The van der Waals surface area contributed by atoms with Crippen LogP contribution in [0.3, 0.4) is 0 Å². The van der Waals surface area contributed by atoms with Crippen LogP contribution in [-0.4, -0.2) is 116 Å². The van der Waals surface area contributed by atoms with E-state index >= 15 is 0 Å². The van der Waals surface area contributed by atoms with E-state index in [2.05, 4.69) is 44.9 Å². The Hall–Kier alpha value is -5.99. The topological polar surface area (TPSA) is 153 Å². The average Bonchev–Trinajstić information content (AvgIpc) is 3.23. The monoisotopic (exact) mass is 762 g/mol. The summed E-state index contributed by atoms with van der Waals surface area (Å²) in [5.74, 6) is -1.46. The van der Waals surface area contributed by atoms with E-state index in [9.17, 15) is 23.6 Å². The number of hydrogen-bond acceptors (Lipinski definition) is 9. The van der Waals surface area contributed by atoms with Gasteiger partial charge in [-0.25, -0.2) is 14.5 Å². The van der Waals surface area contributed by atoms with Crippen molar-refractivity contribution in [1.82, 2.24) is 35.6 Å². The van der Waals surface area contributed by atoms with Gasteiger partial charge in [0.1, 0.15) is 5.82 Å². The molecule has 5 aromatic rings. The fraction of sp³-hybridized carbons (Fsp3) is 0.333. The van der Waals surface area contributed by atoms with Crippen molar-refractivity contribution in [2.75, 3.05) is 78.0 Å². The smallest absolute Gasteiger partial charge is 0.272 e. The van der Waals surface area contributed by atoms with Crippen LogP contribution in [0.2, 0.25) is 0 Å². The largest absolute Gasteiger partial charge is 0.378 e. The van der Waals surface area contributed by atoms with Gasteiger partial charge in [-0.15, -0.1) is 0 Å². The summed E-state index contributed by atoms with van der Waals surface area (Å²) in [7, 11) is 3.76. The number of halogens is 1. The van der Waals surface area contributed by atoms with Crippen LogP contribution in [0.1, 0.15) is 44.6 Å². The van der Waals surface area contributed by atoms with Gasteiger partial charge in [-0.2, -0.15) is 5.10 Å². The molecule has 2 aromatic heterocycles. The number of ether oxygens (including phenoxy) is 1. The molecule has 0 spiro atoms. The second kappa shape index (κ2) is 18.6. The number of pyridine rings is 1. The van der Waals surface area contributed by atoms with E-state index in [-0.39, 0.29) is 42.6 Å². The third-order valence-electron chi connectivity index (χ3n) is 9.79. The number of nitrogens with one attached hydrogen (secondary N) is 3. The molecule has 3 amide bonds. The number of amides is 3. The van der Waals surface area contributed by atoms with E-state index in [4.69, 9.17) is 4.74 Å². The minimum absolute atomic E-state index is 0.0462. The fourth-order valence-corrected chi connectivity index (χ4v) is 6.65. The number of aromatic nitrogens is 3. The number of nitrogens with zero attached hydrogens (tertiary/aromatic N) is 5. The molecule has 1 aliphatic heterocycles. The highest BCUT2D eigenvalue weighted by Gasteiger charge is 2.26. The van der Waals surface area contributed by atoms with Crippen molar-refractivity contribution in [2.24, 2.45) is 0 Å². The summed E-state index contributed by atoms with van der Waals surface area (Å²) < 4.78 is 20.6. The Labute approximate surface area is 324 Å². The Balaban J connectivity index is 0.893. The number of rotatable bonds is 15. The highest BCUT2D eigenvalue weighted by molar-refractivity contribution is 5.98. The molecule has 13 nitrogen and oxygen atoms in total. The van der Waals surface area contributed by atoms with Gasteiger partial charge >= 0.3 is 0 Å². The zero-order valence-corrected chi connectivity index (χ0v) is 31.9. The lowest BCUT2D eigenvalue weighted by molar-refractivity contribution is -0.131. The van der Waals surface area contributed by atoms with Crippen molar-refractivity contribution in [3.05, 3.63) is 123 Å². The van der Waals surface area contributed by atoms with Crippen LogP contribution in [0.25, 0.3) is 21.9 Å². The zero-order chi connectivity index (χ0) is 39.6. The number of H-pyrrole nitrogens is 1. The van der Waals surface area contributed by atoms with E-state index in [1.807, 2.05) is 49.3 Å². The third-order valence-corrected chi connectivity index (χ3v) is 9.79. The van der Waals surface area contributed by atoms with Gasteiger partial charge in [0, 0.05) is 76.9 Å². The molecule has 0 saturated carbocycles. The average molecular weight is 763 g/mol. The summed E-state index contributed by atoms with van der Waals surface area (Å²) >= 11 is 0. The van der Waals surface area contributed by atoms with Crippen molar-refractivity contribution in [1.29, 1.82) is 0 Å². The molecule has 0 aliphatic carbocycles. The third kappa shape index (κ3) is 9.62. The highest BCUT2D eigenvalue weighted by Crippen LogP contribution is 2.27. The first-order valence-electron chi connectivity index (χ1n) is 18.8. The van der Waals surface area contributed by atoms with Gasteiger partial charge in [-0.05, 0) is 47.4 Å². The van der Waals surface area contributed by atoms with E-state index in [1.54, 1.807) is 34.2 Å². The summed E-state index contributed by atoms with van der Waals surface area (Å²) in [4.78, 5) is 61.0. The van der Waals surface area contributed by atoms with Gasteiger partial charge in [0.25, 0.3) is 17.4 Å². The van der Waals surface area contributed by atoms with Crippen LogP contribution in [0, 0.1) is 5.82 Å². The van der Waals surface area contributed by atoms with Gasteiger partial charge < -0.3 is 30.1 Å². The molecular weight excluding hydrogens is 716 g/mol. The number of aromatic amines is 1. The lowest BCUT2D eigenvalue weighted by Gasteiger charge is -2.35. The van der Waals surface area contributed by atoms with Crippen molar-refractivity contribution >= 4 is 34.2 Å². The standard InChI is InChI=1S/C42H47FN8O5/c1-4-28-8-7-9-30(22-28)31-25-37(49(2)3)39(46-26-31)41(54)45-15-21-56-20-14-44-27-38(52)50-16-18-51(19-17-50)42(55)34-23-29(12-13-35(34)43)24-36-32-10-5-6-11-33(32)40(53)48-47-36/h5-13,22-23,25-26,44H,4,14-21,24,27H2,1-3H3,(H,45,54)(H,48,53). The second-order valence-corrected chi connectivity index (χ2v) is 13.8. The van der Waals surface area contributed by atoms with Gasteiger partial charge in [0.15, 0.2) is 5.69 Å². The van der Waals surface area contributed by atoms with Gasteiger partial charge in [0.05, 0.1) is 42.1 Å². The Morgan fingerprint density at radius 2 is 1.62 bits per heavy atom. The first-order valence-corrected chi connectivity index (χ1v) is 18.8. The van der Waals surface area contributed by atoms with Crippen molar-refractivity contribution in [3.63, 3.8) is 0 Å². The zero-order valence-electron chi connectivity index (χ0n) is 31.9. The van der Waals surface area contributed by atoms with Crippen LogP contribution < -0.4 is 21.1 Å². The number of benzene rings is 3. The van der Waals surface area contributed by atoms with Crippen LogP contribution in [0.5, 0.6) is 0 Å². The number of fused-ring (bicyclic) bond motifs is 1. The molecule has 6 rings (SSSR count). The molecule has 1 aliphatic rings. The summed E-state index contributed by atoms with van der Waals surface area (Å²) in [6.07, 6.45) is 2.96. The lowest BCUT2D eigenvalue weighted by Crippen LogP contribution is -2.52. The summed E-state index contributed by atoms with van der Waals surface area (Å²) in [6, 6.07) is 21.8. The molecule has 292 valence electrons. The molecule has 3 N–H and O–H groups in total. The normalized spacial score (nSPS) is 12.9. The molecule has 0 unspecified atom stereocenters. The Kier molecular flexibility index (Phi) is 13.2. The number of piperazine rings is 1. The van der Waals surface area contributed by atoms with Crippen molar-refractivity contribution in [2.45, 2.75) is 19.8 Å². The molecule has 14 heteroatoms. The van der Waals surface area contributed by atoms with Gasteiger partial charge in [-0.3, -0.25) is 19.2 Å². The van der Waals surface area contributed by atoms with E-state index < -0.39 is 11.7 Å². The number of hydrogen-bond donors (Lipinski definition) is 3. The number of carbonyl (C=O) groups excluding carboxylic acids is 3. The summed E-state index contributed by atoms with van der Waals surface area (Å²) in [6.45, 7) is 4.80. The molecule has 1 fully saturated rings. The molecular formula is C42H47FN8O5. The van der Waals surface area contributed by atoms with Crippen LogP contribution in [0.15, 0.2) is 83.8 Å². The molecule has 3 aromatic carbocycles. The maximum atomic E-state index is 14.9. The minimum atomic E-state index is -0.625. The number of carbonyl (C=O) groups is 3. The maximum absolute atomic E-state index is 14.9. The highest BCUT2D eigenvalue weighted by atomic mass is 19.1. The van der Waals surface area contributed by atoms with Crippen molar-refractivity contribution in [3.8, 4) is 11.1 Å². The summed E-state index contributed by atoms with van der Waals surface area (Å²) in [5, 5.41) is 13.9. The number of anilines is 1. The quantitative estimate of drug-likeness (QED) is 0.136. The molecule has 56 heavy (non-hydrogen) atoms.